The molecule has 0 spiro atoms. The van der Waals surface area contributed by atoms with Gasteiger partial charge in [0.25, 0.3) is 0 Å². The van der Waals surface area contributed by atoms with Gasteiger partial charge in [-0.1, -0.05) is 0 Å². The molecular weight excluding hydrogens is 546 g/mol. The Labute approximate surface area is 170 Å². The average Bonchev–Trinajstić information content (AvgIpc) is 2.55. The van der Waals surface area contributed by atoms with Crippen LogP contribution in [0.5, 0.6) is 0 Å². The molecular formula is C14H26I2N2O6. The quantitative estimate of drug-likeness (QED) is 0.109. The summed E-state index contributed by atoms with van der Waals surface area (Å²) in [5.41, 5.74) is 0. The fourth-order valence-corrected chi connectivity index (χ4v) is 2.06. The van der Waals surface area contributed by atoms with Gasteiger partial charge in [0.05, 0.1) is 26.4 Å². The molecule has 0 fully saturated rings. The Balaban J connectivity index is 3.12. The van der Waals surface area contributed by atoms with Crippen LogP contribution >= 0.6 is 45.5 Å². The highest BCUT2D eigenvalue weighted by molar-refractivity contribution is 14.1. The summed E-state index contributed by atoms with van der Waals surface area (Å²) in [4.78, 5) is 21.9. The first-order valence-corrected chi connectivity index (χ1v) is 9.92. The van der Waals surface area contributed by atoms with E-state index in [1.165, 1.54) is 0 Å². The molecule has 0 saturated carbocycles. The maximum atomic E-state index is 11.3. The van der Waals surface area contributed by atoms with Crippen LogP contribution in [0, 0.1) is 0 Å². The maximum absolute atomic E-state index is 11.3. The molecule has 0 saturated heterocycles. The van der Waals surface area contributed by atoms with Crippen molar-refractivity contribution in [3.8, 4) is 0 Å². The van der Waals surface area contributed by atoms with Crippen molar-refractivity contribution >= 4 is 55.2 Å². The lowest BCUT2D eigenvalue weighted by atomic mass is 10.4. The lowest BCUT2D eigenvalue weighted by molar-refractivity contribution is -0.127. The zero-order valence-electron chi connectivity index (χ0n) is 13.7. The molecule has 0 unspecified atom stereocenters. The zero-order chi connectivity index (χ0) is 17.9. The molecule has 0 atom stereocenters. The highest BCUT2D eigenvalue weighted by atomic mass is 127. The van der Waals surface area contributed by atoms with Gasteiger partial charge in [0.2, 0.25) is 9.70 Å². The number of hydrogen-bond acceptors (Lipinski definition) is 7. The van der Waals surface area contributed by atoms with Crippen LogP contribution in [0.2, 0.25) is 0 Å². The summed E-state index contributed by atoms with van der Waals surface area (Å²) in [7, 11) is 0. The molecule has 0 aromatic rings. The normalized spacial score (nSPS) is 10.8. The van der Waals surface area contributed by atoms with Crippen LogP contribution in [0.15, 0.2) is 0 Å². The van der Waals surface area contributed by atoms with Crippen LogP contribution < -0.4 is 8.85 Å². The van der Waals surface area contributed by atoms with Crippen LogP contribution in [-0.2, 0) is 28.5 Å². The highest BCUT2D eigenvalue weighted by Gasteiger charge is 2.02. The molecule has 0 heterocycles. The predicted octanol–water partition coefficient (Wildman–Crippen LogP) is 0.850. The van der Waals surface area contributed by atoms with E-state index in [0.29, 0.717) is 46.0 Å². The minimum absolute atomic E-state index is 0.0439. The van der Waals surface area contributed by atoms with Gasteiger partial charge in [-0.15, -0.1) is 0 Å². The van der Waals surface area contributed by atoms with E-state index < -0.39 is 0 Å². The molecule has 142 valence electrons. The van der Waals surface area contributed by atoms with Crippen molar-refractivity contribution in [2.24, 2.45) is 0 Å². The minimum atomic E-state index is -0.231. The van der Waals surface area contributed by atoms with Crippen molar-refractivity contribution < 1.29 is 28.5 Å². The summed E-state index contributed by atoms with van der Waals surface area (Å²) in [5, 5.41) is 2.69. The second-order valence-corrected chi connectivity index (χ2v) is 6.59. The third kappa shape index (κ3) is 20.4. The fourth-order valence-electron chi connectivity index (χ4n) is 1.46. The Bertz CT molecular complexity index is 324. The number of rotatable bonds is 18. The second kappa shape index (κ2) is 19.7. The summed E-state index contributed by atoms with van der Waals surface area (Å²) >= 11 is 3.73. The van der Waals surface area contributed by atoms with Crippen LogP contribution in [0.1, 0.15) is 12.8 Å². The lowest BCUT2D eigenvalue weighted by Gasteiger charge is -2.07. The van der Waals surface area contributed by atoms with Crippen molar-refractivity contribution in [1.29, 1.82) is 0 Å². The largest absolute Gasteiger partial charge is 0.379 e. The molecule has 10 heteroatoms. The summed E-state index contributed by atoms with van der Waals surface area (Å²) in [6, 6.07) is 0. The van der Waals surface area contributed by atoms with Gasteiger partial charge in [0, 0.05) is 71.8 Å². The Morgan fingerprint density at radius 3 is 1.83 bits per heavy atom. The van der Waals surface area contributed by atoms with Gasteiger partial charge in [-0.2, -0.15) is 0 Å². The van der Waals surface area contributed by atoms with Crippen molar-refractivity contribution in [2.75, 3.05) is 65.9 Å². The standard InChI is InChI=1S/C14H26I2N2O6/c15-13(19)11-24-12-14(20)17-3-1-5-21-7-9-23-10-8-22-6-2-4-18-16/h18H,1-12H2,(H,17,20). The van der Waals surface area contributed by atoms with E-state index in [2.05, 4.69) is 31.7 Å². The number of amides is 1. The molecule has 0 aliphatic carbocycles. The van der Waals surface area contributed by atoms with E-state index in [-0.39, 0.29) is 22.9 Å². The Morgan fingerprint density at radius 1 is 0.750 bits per heavy atom. The van der Waals surface area contributed by atoms with Crippen LogP contribution in [0.3, 0.4) is 0 Å². The molecule has 0 aliphatic rings. The van der Waals surface area contributed by atoms with E-state index in [1.54, 1.807) is 22.6 Å². The lowest BCUT2D eigenvalue weighted by Crippen LogP contribution is -2.29. The summed E-state index contributed by atoms with van der Waals surface area (Å²) < 4.78 is 23.9. The van der Waals surface area contributed by atoms with Gasteiger partial charge in [0.1, 0.15) is 13.2 Å². The summed E-state index contributed by atoms with van der Waals surface area (Å²) in [6.07, 6.45) is 1.70. The Kier molecular flexibility index (Phi) is 20.0. The van der Waals surface area contributed by atoms with Crippen molar-refractivity contribution in [2.45, 2.75) is 12.8 Å². The maximum Gasteiger partial charge on any atom is 0.246 e. The molecule has 8 nitrogen and oxygen atoms in total. The zero-order valence-corrected chi connectivity index (χ0v) is 18.0. The number of carbonyl (C=O) groups excluding carboxylic acids is 2. The van der Waals surface area contributed by atoms with Gasteiger partial charge >= 0.3 is 0 Å². The number of halogens is 2. The van der Waals surface area contributed by atoms with Gasteiger partial charge in [0.15, 0.2) is 0 Å². The van der Waals surface area contributed by atoms with Gasteiger partial charge < -0.3 is 24.3 Å². The van der Waals surface area contributed by atoms with Crippen molar-refractivity contribution in [3.63, 3.8) is 0 Å². The van der Waals surface area contributed by atoms with Crippen LogP contribution in [0.25, 0.3) is 0 Å². The fraction of sp³-hybridized carbons (Fsp3) is 0.857. The van der Waals surface area contributed by atoms with Crippen LogP contribution in [0.4, 0.5) is 0 Å². The molecule has 0 bridgehead atoms. The highest BCUT2D eigenvalue weighted by Crippen LogP contribution is 1.88. The first kappa shape index (κ1) is 24.4. The number of nitrogens with one attached hydrogen (secondary N) is 2. The SMILES string of the molecule is O=C(I)COCC(=O)NCCCOCCOCCOCCCNI. The second-order valence-electron chi connectivity index (χ2n) is 4.63. The number of ether oxygens (including phenoxy) is 4. The van der Waals surface area contributed by atoms with Crippen molar-refractivity contribution in [1.82, 2.24) is 8.85 Å². The van der Waals surface area contributed by atoms with Crippen molar-refractivity contribution in [3.05, 3.63) is 0 Å². The first-order valence-electron chi connectivity index (χ1n) is 7.76. The third-order valence-electron chi connectivity index (χ3n) is 2.54. The summed E-state index contributed by atoms with van der Waals surface area (Å²) in [5.74, 6) is -0.231. The van der Waals surface area contributed by atoms with E-state index in [4.69, 9.17) is 18.9 Å². The Hall–Kier alpha value is 0.400. The third-order valence-corrected chi connectivity index (χ3v) is 3.39. The molecule has 24 heavy (non-hydrogen) atoms. The Morgan fingerprint density at radius 2 is 1.29 bits per heavy atom. The van der Waals surface area contributed by atoms with Gasteiger partial charge in [-0.3, -0.25) is 13.1 Å². The van der Waals surface area contributed by atoms with Gasteiger partial charge in [-0.05, 0) is 12.8 Å². The van der Waals surface area contributed by atoms with E-state index >= 15 is 0 Å². The summed E-state index contributed by atoms with van der Waals surface area (Å²) in [6.45, 7) is 4.82. The molecule has 0 aromatic heterocycles. The predicted molar refractivity (Wildman–Crippen MR) is 107 cm³/mol. The molecule has 0 rings (SSSR count). The van der Waals surface area contributed by atoms with E-state index in [9.17, 15) is 9.59 Å². The number of carbonyl (C=O) groups is 2. The van der Waals surface area contributed by atoms with E-state index in [1.807, 2.05) is 0 Å². The monoisotopic (exact) mass is 572 g/mol. The molecule has 0 aliphatic heterocycles. The average molecular weight is 572 g/mol. The molecule has 2 N–H and O–H groups in total. The first-order chi connectivity index (χ1) is 11.7. The topological polar surface area (TPSA) is 95.1 Å². The minimum Gasteiger partial charge on any atom is -0.379 e. The van der Waals surface area contributed by atoms with E-state index in [0.717, 1.165) is 19.6 Å². The van der Waals surface area contributed by atoms with Crippen LogP contribution in [-0.4, -0.2) is 75.6 Å². The molecule has 1 amide bonds. The smallest absolute Gasteiger partial charge is 0.246 e. The molecule has 0 aromatic carbocycles. The number of hydrogen-bond donors (Lipinski definition) is 2. The van der Waals surface area contributed by atoms with Gasteiger partial charge in [-0.25, -0.2) is 0 Å². The molecule has 0 radical (unpaired) electrons.